The van der Waals surface area contributed by atoms with Crippen molar-refractivity contribution in [3.05, 3.63) is 24.0 Å². The van der Waals surface area contributed by atoms with E-state index < -0.39 is 0 Å². The SMILES string of the molecule is CCCCN(Cc1cccn1C)C(=O)C(C)(C)C. The Morgan fingerprint density at radius 3 is 2.50 bits per heavy atom. The minimum Gasteiger partial charge on any atom is -0.353 e. The van der Waals surface area contributed by atoms with Gasteiger partial charge in [-0.1, -0.05) is 34.1 Å². The van der Waals surface area contributed by atoms with Crippen LogP contribution in [0, 0.1) is 5.41 Å². The Morgan fingerprint density at radius 1 is 1.39 bits per heavy atom. The lowest BCUT2D eigenvalue weighted by atomic mass is 9.94. The number of hydrogen-bond donors (Lipinski definition) is 0. The Hall–Kier alpha value is -1.25. The molecule has 0 aliphatic heterocycles. The monoisotopic (exact) mass is 250 g/mol. The number of aromatic nitrogens is 1. The molecule has 3 heteroatoms. The second-order valence-corrected chi connectivity index (χ2v) is 5.94. The van der Waals surface area contributed by atoms with Gasteiger partial charge in [0.25, 0.3) is 0 Å². The van der Waals surface area contributed by atoms with E-state index in [4.69, 9.17) is 0 Å². The van der Waals surface area contributed by atoms with Crippen molar-refractivity contribution in [3.8, 4) is 0 Å². The van der Waals surface area contributed by atoms with Gasteiger partial charge in [0.2, 0.25) is 5.91 Å². The summed E-state index contributed by atoms with van der Waals surface area (Å²) in [6.45, 7) is 9.66. The van der Waals surface area contributed by atoms with Crippen LogP contribution in [-0.4, -0.2) is 21.9 Å². The molecule has 0 saturated carbocycles. The molecule has 1 rings (SSSR count). The first-order chi connectivity index (χ1) is 8.36. The number of amides is 1. The van der Waals surface area contributed by atoms with Crippen LogP contribution < -0.4 is 0 Å². The molecule has 0 spiro atoms. The van der Waals surface area contributed by atoms with Gasteiger partial charge in [-0.3, -0.25) is 4.79 Å². The van der Waals surface area contributed by atoms with E-state index in [1.807, 2.05) is 45.0 Å². The largest absolute Gasteiger partial charge is 0.353 e. The minimum absolute atomic E-state index is 0.233. The molecule has 18 heavy (non-hydrogen) atoms. The van der Waals surface area contributed by atoms with Crippen LogP contribution in [0.4, 0.5) is 0 Å². The summed E-state index contributed by atoms with van der Waals surface area (Å²) in [5.74, 6) is 0.233. The first-order valence-corrected chi connectivity index (χ1v) is 6.76. The van der Waals surface area contributed by atoms with Gasteiger partial charge in [0.05, 0.1) is 6.54 Å². The number of unbranched alkanes of at least 4 members (excludes halogenated alkanes) is 1. The number of hydrogen-bond acceptors (Lipinski definition) is 1. The van der Waals surface area contributed by atoms with Gasteiger partial charge >= 0.3 is 0 Å². The summed E-state index contributed by atoms with van der Waals surface area (Å²) in [4.78, 5) is 14.4. The van der Waals surface area contributed by atoms with Gasteiger partial charge in [-0.25, -0.2) is 0 Å². The van der Waals surface area contributed by atoms with Gasteiger partial charge < -0.3 is 9.47 Å². The van der Waals surface area contributed by atoms with Crippen molar-refractivity contribution < 1.29 is 4.79 Å². The summed E-state index contributed by atoms with van der Waals surface area (Å²) in [7, 11) is 2.02. The first-order valence-electron chi connectivity index (χ1n) is 6.76. The van der Waals surface area contributed by atoms with E-state index in [-0.39, 0.29) is 11.3 Å². The van der Waals surface area contributed by atoms with Gasteiger partial charge in [-0.15, -0.1) is 0 Å². The summed E-state index contributed by atoms with van der Waals surface area (Å²) in [5, 5.41) is 0. The average Bonchev–Trinajstić information content (AvgIpc) is 2.68. The summed E-state index contributed by atoms with van der Waals surface area (Å²) >= 11 is 0. The Balaban J connectivity index is 2.79. The highest BCUT2D eigenvalue weighted by Crippen LogP contribution is 2.19. The minimum atomic E-state index is -0.307. The van der Waals surface area contributed by atoms with Gasteiger partial charge in [-0.05, 0) is 18.6 Å². The van der Waals surface area contributed by atoms with Crippen LogP contribution in [0.25, 0.3) is 0 Å². The number of carbonyl (C=O) groups excluding carboxylic acids is 1. The molecule has 0 unspecified atom stereocenters. The normalized spacial score (nSPS) is 11.6. The molecule has 1 aromatic heterocycles. The molecule has 0 aliphatic carbocycles. The fraction of sp³-hybridized carbons (Fsp3) is 0.667. The predicted molar refractivity (Wildman–Crippen MR) is 75.2 cm³/mol. The lowest BCUT2D eigenvalue weighted by Crippen LogP contribution is -2.40. The van der Waals surface area contributed by atoms with E-state index >= 15 is 0 Å². The Kier molecular flexibility index (Phi) is 5.00. The smallest absolute Gasteiger partial charge is 0.228 e. The molecule has 0 atom stereocenters. The van der Waals surface area contributed by atoms with Gasteiger partial charge in [-0.2, -0.15) is 0 Å². The predicted octanol–water partition coefficient (Wildman–Crippen LogP) is 3.20. The number of rotatable bonds is 5. The van der Waals surface area contributed by atoms with Crippen LogP contribution in [0.1, 0.15) is 46.2 Å². The van der Waals surface area contributed by atoms with Gasteiger partial charge in [0.1, 0.15) is 0 Å². The van der Waals surface area contributed by atoms with E-state index in [9.17, 15) is 4.79 Å². The number of aryl methyl sites for hydroxylation is 1. The van der Waals surface area contributed by atoms with Crippen molar-refractivity contribution in [1.82, 2.24) is 9.47 Å². The van der Waals surface area contributed by atoms with E-state index in [1.54, 1.807) is 0 Å². The van der Waals surface area contributed by atoms with E-state index in [0.717, 1.165) is 19.4 Å². The number of carbonyl (C=O) groups is 1. The molecule has 3 nitrogen and oxygen atoms in total. The van der Waals surface area contributed by atoms with Crippen LogP contribution in [0.5, 0.6) is 0 Å². The zero-order valence-electron chi connectivity index (χ0n) is 12.4. The highest BCUT2D eigenvalue weighted by atomic mass is 16.2. The third-order valence-electron chi connectivity index (χ3n) is 3.11. The highest BCUT2D eigenvalue weighted by molar-refractivity contribution is 5.81. The maximum atomic E-state index is 12.4. The second kappa shape index (κ2) is 6.07. The van der Waals surface area contributed by atoms with Crippen LogP contribution >= 0.6 is 0 Å². The van der Waals surface area contributed by atoms with Crippen molar-refractivity contribution in [1.29, 1.82) is 0 Å². The standard InChI is InChI=1S/C15H26N2O/c1-6-7-11-17(14(18)15(2,3)4)12-13-9-8-10-16(13)5/h8-10H,6-7,11-12H2,1-5H3. The molecule has 0 N–H and O–H groups in total. The molecule has 102 valence electrons. The second-order valence-electron chi connectivity index (χ2n) is 5.94. The highest BCUT2D eigenvalue weighted by Gasteiger charge is 2.27. The number of nitrogens with zero attached hydrogens (tertiary/aromatic N) is 2. The molecule has 1 heterocycles. The fourth-order valence-electron chi connectivity index (χ4n) is 1.93. The molecule has 0 radical (unpaired) electrons. The maximum absolute atomic E-state index is 12.4. The van der Waals surface area contributed by atoms with Crippen molar-refractivity contribution in [2.75, 3.05) is 6.54 Å². The van der Waals surface area contributed by atoms with Crippen LogP contribution in [0.15, 0.2) is 18.3 Å². The van der Waals surface area contributed by atoms with Gasteiger partial charge in [0.15, 0.2) is 0 Å². The summed E-state index contributed by atoms with van der Waals surface area (Å²) in [5.41, 5.74) is 0.877. The molecule has 0 bridgehead atoms. The third-order valence-corrected chi connectivity index (χ3v) is 3.11. The molecule has 1 amide bonds. The van der Waals surface area contributed by atoms with Crippen molar-refractivity contribution >= 4 is 5.91 Å². The van der Waals surface area contributed by atoms with Crippen molar-refractivity contribution in [2.24, 2.45) is 12.5 Å². The van der Waals surface area contributed by atoms with Gasteiger partial charge in [0, 0.05) is 30.9 Å². The van der Waals surface area contributed by atoms with E-state index in [0.29, 0.717) is 6.54 Å². The quantitative estimate of drug-likeness (QED) is 0.788. The van der Waals surface area contributed by atoms with Crippen molar-refractivity contribution in [3.63, 3.8) is 0 Å². The van der Waals surface area contributed by atoms with Crippen LogP contribution in [0.3, 0.4) is 0 Å². The Morgan fingerprint density at radius 2 is 2.06 bits per heavy atom. The van der Waals surface area contributed by atoms with Crippen LogP contribution in [-0.2, 0) is 18.4 Å². The Bertz CT molecular complexity index is 387. The molecule has 0 aliphatic rings. The molecule has 1 aromatic rings. The lowest BCUT2D eigenvalue weighted by Gasteiger charge is -2.29. The fourth-order valence-corrected chi connectivity index (χ4v) is 1.93. The molecule has 0 fully saturated rings. The Labute approximate surface area is 111 Å². The average molecular weight is 250 g/mol. The molecule has 0 aromatic carbocycles. The zero-order valence-corrected chi connectivity index (χ0v) is 12.4. The zero-order chi connectivity index (χ0) is 13.8. The van der Waals surface area contributed by atoms with Crippen molar-refractivity contribution in [2.45, 2.75) is 47.1 Å². The summed E-state index contributed by atoms with van der Waals surface area (Å²) in [6.07, 6.45) is 4.20. The molecular weight excluding hydrogens is 224 g/mol. The van der Waals surface area contributed by atoms with Crippen LogP contribution in [0.2, 0.25) is 0 Å². The molecular formula is C15H26N2O. The maximum Gasteiger partial charge on any atom is 0.228 e. The summed E-state index contributed by atoms with van der Waals surface area (Å²) in [6, 6.07) is 4.10. The first kappa shape index (κ1) is 14.8. The third kappa shape index (κ3) is 3.90. The molecule has 0 saturated heterocycles. The topological polar surface area (TPSA) is 25.2 Å². The lowest BCUT2D eigenvalue weighted by molar-refractivity contribution is -0.140. The summed E-state index contributed by atoms with van der Waals surface area (Å²) < 4.78 is 2.08. The van der Waals surface area contributed by atoms with E-state index in [1.165, 1.54) is 5.69 Å². The van der Waals surface area contributed by atoms with E-state index in [2.05, 4.69) is 17.6 Å².